The molecule has 3 aromatic rings. The van der Waals surface area contributed by atoms with Gasteiger partial charge in [0, 0.05) is 23.9 Å². The molecule has 0 aliphatic carbocycles. The lowest BCUT2D eigenvalue weighted by Crippen LogP contribution is -2.31. The lowest BCUT2D eigenvalue weighted by Gasteiger charge is -2.19. The predicted molar refractivity (Wildman–Crippen MR) is 128 cm³/mol. The van der Waals surface area contributed by atoms with Crippen molar-refractivity contribution < 1.29 is 23.9 Å². The minimum absolute atomic E-state index is 0.138. The fourth-order valence-electron chi connectivity index (χ4n) is 3.18. The maximum Gasteiger partial charge on any atom is 0.308 e. The van der Waals surface area contributed by atoms with Crippen molar-refractivity contribution in [1.82, 2.24) is 5.32 Å². The van der Waals surface area contributed by atoms with Crippen LogP contribution in [0.1, 0.15) is 35.3 Å². The van der Waals surface area contributed by atoms with Gasteiger partial charge in [-0.3, -0.25) is 19.2 Å². The molecule has 3 N–H and O–H groups in total. The third-order valence-corrected chi connectivity index (χ3v) is 4.77. The van der Waals surface area contributed by atoms with Crippen LogP contribution in [0.3, 0.4) is 0 Å². The summed E-state index contributed by atoms with van der Waals surface area (Å²) in [5.41, 5.74) is 2.31. The van der Waals surface area contributed by atoms with Gasteiger partial charge in [-0.15, -0.1) is 0 Å². The van der Waals surface area contributed by atoms with Crippen LogP contribution in [-0.2, 0) is 19.1 Å². The standard InChI is InChI=1S/C26H25N3O5/c1-18(30)27-21-12-14-22(15-13-21)28-24(31)17-34-25(32)16-23(19-8-4-2-5-9-19)29-26(33)20-10-6-3-7-11-20/h2-15,23H,16-17H2,1H3,(H,27,30)(H,28,31)(H,29,33). The molecule has 8 heteroatoms. The second kappa shape index (κ2) is 12.0. The van der Waals surface area contributed by atoms with Gasteiger partial charge in [0.15, 0.2) is 6.61 Å². The Morgan fingerprint density at radius 2 is 1.32 bits per heavy atom. The van der Waals surface area contributed by atoms with E-state index < -0.39 is 24.5 Å². The normalized spacial score (nSPS) is 11.1. The zero-order valence-corrected chi connectivity index (χ0v) is 18.6. The van der Waals surface area contributed by atoms with E-state index in [-0.39, 0.29) is 18.2 Å². The fraction of sp³-hybridized carbons (Fsp3) is 0.154. The van der Waals surface area contributed by atoms with Gasteiger partial charge < -0.3 is 20.7 Å². The Balaban J connectivity index is 1.55. The van der Waals surface area contributed by atoms with Gasteiger partial charge in [0.1, 0.15) is 0 Å². The third kappa shape index (κ3) is 7.59. The van der Waals surface area contributed by atoms with Crippen LogP contribution in [0, 0.1) is 0 Å². The van der Waals surface area contributed by atoms with Gasteiger partial charge in [-0.2, -0.15) is 0 Å². The van der Waals surface area contributed by atoms with Crippen molar-refractivity contribution in [2.24, 2.45) is 0 Å². The highest BCUT2D eigenvalue weighted by Gasteiger charge is 2.20. The van der Waals surface area contributed by atoms with Crippen LogP contribution in [0.4, 0.5) is 11.4 Å². The molecule has 0 aliphatic heterocycles. The van der Waals surface area contributed by atoms with Crippen LogP contribution in [0.2, 0.25) is 0 Å². The summed E-state index contributed by atoms with van der Waals surface area (Å²) < 4.78 is 5.13. The number of ether oxygens (including phenoxy) is 1. The Kier molecular flexibility index (Phi) is 8.51. The van der Waals surface area contributed by atoms with Gasteiger partial charge in [-0.1, -0.05) is 48.5 Å². The number of anilines is 2. The van der Waals surface area contributed by atoms with Gasteiger partial charge in [-0.25, -0.2) is 0 Å². The summed E-state index contributed by atoms with van der Waals surface area (Å²) in [5.74, 6) is -1.65. The number of benzene rings is 3. The van der Waals surface area contributed by atoms with Gasteiger partial charge in [0.25, 0.3) is 11.8 Å². The molecular formula is C26H25N3O5. The number of rotatable bonds is 9. The van der Waals surface area contributed by atoms with E-state index in [2.05, 4.69) is 16.0 Å². The summed E-state index contributed by atoms with van der Waals surface area (Å²) in [6.45, 7) is 0.930. The first-order chi connectivity index (χ1) is 16.4. The molecule has 0 saturated heterocycles. The van der Waals surface area contributed by atoms with Crippen LogP contribution < -0.4 is 16.0 Å². The van der Waals surface area contributed by atoms with Crippen LogP contribution in [0.15, 0.2) is 84.9 Å². The number of esters is 1. The SMILES string of the molecule is CC(=O)Nc1ccc(NC(=O)COC(=O)CC(NC(=O)c2ccccc2)c2ccccc2)cc1. The second-order valence-corrected chi connectivity index (χ2v) is 7.47. The Morgan fingerprint density at radius 1 is 0.765 bits per heavy atom. The summed E-state index contributed by atoms with van der Waals surface area (Å²) in [4.78, 5) is 48.3. The van der Waals surface area contributed by atoms with Gasteiger partial charge in [0.2, 0.25) is 5.91 Å². The summed E-state index contributed by atoms with van der Waals surface area (Å²) in [6.07, 6.45) is -0.138. The Hall–Kier alpha value is -4.46. The van der Waals surface area contributed by atoms with Crippen LogP contribution in [0.25, 0.3) is 0 Å². The molecule has 0 aromatic heterocycles. The van der Waals surface area contributed by atoms with Crippen molar-refractivity contribution in [3.63, 3.8) is 0 Å². The monoisotopic (exact) mass is 459 g/mol. The molecule has 1 atom stereocenters. The summed E-state index contributed by atoms with van der Waals surface area (Å²) in [5, 5.41) is 8.10. The molecule has 34 heavy (non-hydrogen) atoms. The van der Waals surface area contributed by atoms with E-state index in [1.807, 2.05) is 24.3 Å². The third-order valence-electron chi connectivity index (χ3n) is 4.77. The Morgan fingerprint density at radius 3 is 1.91 bits per heavy atom. The molecule has 3 amide bonds. The van der Waals surface area contributed by atoms with Gasteiger partial charge >= 0.3 is 5.97 Å². The van der Waals surface area contributed by atoms with Gasteiger partial charge in [-0.05, 0) is 42.0 Å². The molecular weight excluding hydrogens is 434 g/mol. The zero-order valence-electron chi connectivity index (χ0n) is 18.6. The maximum atomic E-state index is 12.6. The van der Waals surface area contributed by atoms with Crippen molar-refractivity contribution in [1.29, 1.82) is 0 Å². The van der Waals surface area contributed by atoms with E-state index >= 15 is 0 Å². The topological polar surface area (TPSA) is 114 Å². The van der Waals surface area contributed by atoms with Crippen molar-refractivity contribution in [3.05, 3.63) is 96.1 Å². The average Bonchev–Trinajstić information content (AvgIpc) is 2.84. The Labute approximate surface area is 197 Å². The highest BCUT2D eigenvalue weighted by molar-refractivity contribution is 5.95. The number of nitrogens with one attached hydrogen (secondary N) is 3. The van der Waals surface area contributed by atoms with Crippen LogP contribution in [0.5, 0.6) is 0 Å². The molecule has 1 unspecified atom stereocenters. The van der Waals surface area contributed by atoms with Gasteiger partial charge in [0.05, 0.1) is 12.5 Å². The van der Waals surface area contributed by atoms with E-state index in [0.29, 0.717) is 16.9 Å². The average molecular weight is 460 g/mol. The van der Waals surface area contributed by atoms with Crippen molar-refractivity contribution >= 4 is 35.1 Å². The molecule has 0 bridgehead atoms. The highest BCUT2D eigenvalue weighted by atomic mass is 16.5. The summed E-state index contributed by atoms with van der Waals surface area (Å²) >= 11 is 0. The first kappa shape index (κ1) is 24.2. The number of carbonyl (C=O) groups excluding carboxylic acids is 4. The minimum Gasteiger partial charge on any atom is -0.455 e. The highest BCUT2D eigenvalue weighted by Crippen LogP contribution is 2.18. The molecule has 0 aliphatic rings. The lowest BCUT2D eigenvalue weighted by atomic mass is 10.0. The van der Waals surface area contributed by atoms with E-state index in [0.717, 1.165) is 5.56 Å². The Bertz CT molecular complexity index is 1130. The molecule has 3 rings (SSSR count). The van der Waals surface area contributed by atoms with E-state index in [4.69, 9.17) is 4.74 Å². The smallest absolute Gasteiger partial charge is 0.308 e. The van der Waals surface area contributed by atoms with Crippen molar-refractivity contribution in [3.8, 4) is 0 Å². The van der Waals surface area contributed by atoms with E-state index in [9.17, 15) is 19.2 Å². The first-order valence-electron chi connectivity index (χ1n) is 10.6. The molecule has 174 valence electrons. The fourth-order valence-corrected chi connectivity index (χ4v) is 3.18. The number of carbonyl (C=O) groups is 4. The van der Waals surface area contributed by atoms with Crippen molar-refractivity contribution in [2.75, 3.05) is 17.2 Å². The van der Waals surface area contributed by atoms with Crippen LogP contribution in [-0.4, -0.2) is 30.3 Å². The quantitative estimate of drug-likeness (QED) is 0.423. The number of hydrogen-bond acceptors (Lipinski definition) is 5. The molecule has 8 nitrogen and oxygen atoms in total. The second-order valence-electron chi connectivity index (χ2n) is 7.47. The van der Waals surface area contributed by atoms with E-state index in [1.54, 1.807) is 60.7 Å². The van der Waals surface area contributed by atoms with Crippen LogP contribution >= 0.6 is 0 Å². The molecule has 0 spiro atoms. The number of amides is 3. The van der Waals surface area contributed by atoms with E-state index in [1.165, 1.54) is 6.92 Å². The predicted octanol–water partition coefficient (Wildman–Crippen LogP) is 3.69. The maximum absolute atomic E-state index is 12.6. The molecule has 0 saturated carbocycles. The van der Waals surface area contributed by atoms with Crippen molar-refractivity contribution in [2.45, 2.75) is 19.4 Å². The molecule has 0 radical (unpaired) electrons. The lowest BCUT2D eigenvalue weighted by molar-refractivity contribution is -0.147. The number of hydrogen-bond donors (Lipinski definition) is 3. The summed E-state index contributed by atoms with van der Waals surface area (Å²) in [7, 11) is 0. The largest absolute Gasteiger partial charge is 0.455 e. The molecule has 3 aromatic carbocycles. The molecule has 0 fully saturated rings. The first-order valence-corrected chi connectivity index (χ1v) is 10.6. The minimum atomic E-state index is -0.627. The summed E-state index contributed by atoms with van der Waals surface area (Å²) in [6, 6.07) is 23.7. The molecule has 0 heterocycles. The zero-order chi connectivity index (χ0) is 24.3.